The molecule has 0 aliphatic heterocycles. The third kappa shape index (κ3) is 2.34. The molecule has 0 saturated carbocycles. The molecule has 0 amide bonds. The van der Waals surface area contributed by atoms with Crippen molar-refractivity contribution in [2.75, 3.05) is 13.2 Å². The van der Waals surface area contributed by atoms with Gasteiger partial charge < -0.3 is 10.2 Å². The topological polar surface area (TPSA) is 40.5 Å². The van der Waals surface area contributed by atoms with Crippen LogP contribution in [0, 0.1) is 13.8 Å². The average Bonchev–Trinajstić information content (AvgIpc) is 2.17. The van der Waals surface area contributed by atoms with Crippen LogP contribution < -0.4 is 0 Å². The van der Waals surface area contributed by atoms with Gasteiger partial charge in [0.1, 0.15) is 0 Å². The summed E-state index contributed by atoms with van der Waals surface area (Å²) >= 11 is 0. The van der Waals surface area contributed by atoms with Crippen molar-refractivity contribution >= 4 is 0 Å². The lowest BCUT2D eigenvalue weighted by Gasteiger charge is -2.12. The second kappa shape index (κ2) is 5.13. The average molecular weight is 192 g/mol. The van der Waals surface area contributed by atoms with Crippen molar-refractivity contribution in [2.24, 2.45) is 0 Å². The molecule has 0 aliphatic rings. The fourth-order valence-electron chi connectivity index (χ4n) is 1.57. The van der Waals surface area contributed by atoms with Crippen LogP contribution in [0.5, 0.6) is 0 Å². The molecule has 0 saturated heterocycles. The second-order valence-electron chi connectivity index (χ2n) is 3.29. The maximum absolute atomic E-state index is 8.88. The Bertz CT molecular complexity index is 305. The van der Waals surface area contributed by atoms with E-state index in [4.69, 9.17) is 10.2 Å². The van der Waals surface area contributed by atoms with Gasteiger partial charge >= 0.3 is 0 Å². The Labute approximate surface area is 85.2 Å². The first-order chi connectivity index (χ1) is 6.70. The molecule has 1 aromatic carbocycles. The monoisotopic (exact) mass is 192 g/mol. The molecule has 0 unspecified atom stereocenters. The molecule has 2 nitrogen and oxygen atoms in total. The van der Waals surface area contributed by atoms with Gasteiger partial charge in [-0.1, -0.05) is 12.1 Å². The summed E-state index contributed by atoms with van der Waals surface area (Å²) in [5, 5.41) is 17.7. The van der Waals surface area contributed by atoms with E-state index < -0.39 is 0 Å². The molecule has 0 heterocycles. The van der Waals surface area contributed by atoms with E-state index in [2.05, 4.69) is 13.8 Å². The highest BCUT2D eigenvalue weighted by atomic mass is 16.3. The van der Waals surface area contributed by atoms with E-state index in [0.717, 1.165) is 22.3 Å². The smallest absolute Gasteiger partial charge is 0.0471 e. The molecule has 2 N–H and O–H groups in total. The van der Waals surface area contributed by atoms with Gasteiger partial charge in [0.2, 0.25) is 0 Å². The quantitative estimate of drug-likeness (QED) is 0.750. The summed E-state index contributed by atoms with van der Waals surface area (Å²) in [6.07, 6.45) is 1.19. The zero-order valence-electron chi connectivity index (χ0n) is 8.29. The molecule has 0 aromatic heterocycles. The Kier molecular flexibility index (Phi) is 4.11. The van der Waals surface area contributed by atoms with Gasteiger partial charge in [-0.05, 0) is 48.9 Å². The molecule has 1 rings (SSSR count). The van der Waals surface area contributed by atoms with Crippen molar-refractivity contribution in [3.63, 3.8) is 0 Å². The van der Waals surface area contributed by atoms with Crippen molar-refractivity contribution in [3.05, 3.63) is 48.2 Å². The second-order valence-corrected chi connectivity index (χ2v) is 3.29. The van der Waals surface area contributed by atoms with Gasteiger partial charge in [-0.15, -0.1) is 0 Å². The third-order valence-corrected chi connectivity index (χ3v) is 2.37. The van der Waals surface area contributed by atoms with Crippen LogP contribution in [0.1, 0.15) is 22.3 Å². The first kappa shape index (κ1) is 11.2. The Morgan fingerprint density at radius 1 is 1.00 bits per heavy atom. The van der Waals surface area contributed by atoms with E-state index in [1.807, 2.05) is 12.1 Å². The largest absolute Gasteiger partial charge is 0.396 e. The summed E-state index contributed by atoms with van der Waals surface area (Å²) in [5.41, 5.74) is 3.84. The fraction of sp³-hybridized carbons (Fsp3) is 0.333. The number of aliphatic hydroxyl groups is 2. The Hall–Kier alpha value is -0.860. The number of rotatable bonds is 4. The fourth-order valence-corrected chi connectivity index (χ4v) is 1.57. The molecule has 1 aromatic rings. The van der Waals surface area contributed by atoms with Gasteiger partial charge in [0.05, 0.1) is 0 Å². The van der Waals surface area contributed by atoms with Crippen LogP contribution >= 0.6 is 0 Å². The molecule has 0 atom stereocenters. The highest BCUT2D eigenvalue weighted by Crippen LogP contribution is 2.19. The van der Waals surface area contributed by atoms with E-state index in [1.165, 1.54) is 0 Å². The molecule has 0 aliphatic carbocycles. The number of benzene rings is 1. The Morgan fingerprint density at radius 2 is 1.64 bits per heavy atom. The molecule has 2 heteroatoms. The predicted octanol–water partition coefficient (Wildman–Crippen LogP) is 1.12. The van der Waals surface area contributed by atoms with Crippen molar-refractivity contribution in [2.45, 2.75) is 12.8 Å². The van der Waals surface area contributed by atoms with E-state index >= 15 is 0 Å². The van der Waals surface area contributed by atoms with E-state index in [9.17, 15) is 0 Å². The van der Waals surface area contributed by atoms with Crippen molar-refractivity contribution in [1.82, 2.24) is 0 Å². The van der Waals surface area contributed by atoms with Crippen LogP contribution in [0.15, 0.2) is 12.1 Å². The van der Waals surface area contributed by atoms with Crippen LogP contribution in [0.25, 0.3) is 0 Å². The van der Waals surface area contributed by atoms with Gasteiger partial charge in [0, 0.05) is 13.2 Å². The summed E-state index contributed by atoms with van der Waals surface area (Å²) in [6.45, 7) is 8.07. The Balaban J connectivity index is 3.05. The SMILES string of the molecule is [CH2]c1ccc(CCO)c([CH2])c1CCO. The van der Waals surface area contributed by atoms with Crippen molar-refractivity contribution in [3.8, 4) is 0 Å². The van der Waals surface area contributed by atoms with Gasteiger partial charge in [-0.3, -0.25) is 0 Å². The zero-order valence-corrected chi connectivity index (χ0v) is 8.29. The number of aliphatic hydroxyl groups excluding tert-OH is 2. The van der Waals surface area contributed by atoms with Gasteiger partial charge in [-0.2, -0.15) is 0 Å². The molecular formula is C12H16O2. The van der Waals surface area contributed by atoms with Crippen molar-refractivity contribution in [1.29, 1.82) is 0 Å². The van der Waals surface area contributed by atoms with Gasteiger partial charge in [0.25, 0.3) is 0 Å². The maximum Gasteiger partial charge on any atom is 0.0471 e. The van der Waals surface area contributed by atoms with E-state index in [1.54, 1.807) is 0 Å². The van der Waals surface area contributed by atoms with Gasteiger partial charge in [0.15, 0.2) is 0 Å². The molecule has 14 heavy (non-hydrogen) atoms. The highest BCUT2D eigenvalue weighted by molar-refractivity contribution is 5.44. The molecule has 0 bridgehead atoms. The Morgan fingerprint density at radius 3 is 2.21 bits per heavy atom. The summed E-state index contributed by atoms with van der Waals surface area (Å²) < 4.78 is 0. The molecule has 2 radical (unpaired) electrons. The first-order valence-corrected chi connectivity index (χ1v) is 4.71. The first-order valence-electron chi connectivity index (χ1n) is 4.71. The summed E-state index contributed by atoms with van der Waals surface area (Å²) in [4.78, 5) is 0. The van der Waals surface area contributed by atoms with Crippen molar-refractivity contribution < 1.29 is 10.2 Å². The van der Waals surface area contributed by atoms with Crippen LogP contribution in [0.3, 0.4) is 0 Å². The van der Waals surface area contributed by atoms with Crippen LogP contribution in [0.2, 0.25) is 0 Å². The number of hydrogen-bond donors (Lipinski definition) is 2. The standard InChI is InChI=1S/C12H16O2/c1-9-3-4-11(5-7-13)10(2)12(9)6-8-14/h3-4,13-14H,1-2,5-8H2. The summed E-state index contributed by atoms with van der Waals surface area (Å²) in [6, 6.07) is 3.84. The minimum atomic E-state index is 0.105. The van der Waals surface area contributed by atoms with E-state index in [0.29, 0.717) is 12.8 Å². The molecule has 0 spiro atoms. The number of hydrogen-bond acceptors (Lipinski definition) is 2. The van der Waals surface area contributed by atoms with Crippen LogP contribution in [0.4, 0.5) is 0 Å². The molecular weight excluding hydrogens is 176 g/mol. The molecule has 0 fully saturated rings. The third-order valence-electron chi connectivity index (χ3n) is 2.37. The van der Waals surface area contributed by atoms with Gasteiger partial charge in [-0.25, -0.2) is 0 Å². The lowest BCUT2D eigenvalue weighted by Crippen LogP contribution is -2.03. The summed E-state index contributed by atoms with van der Waals surface area (Å²) in [5.74, 6) is 0. The minimum Gasteiger partial charge on any atom is -0.396 e. The zero-order chi connectivity index (χ0) is 10.6. The van der Waals surface area contributed by atoms with Crippen LogP contribution in [-0.4, -0.2) is 23.4 Å². The van der Waals surface area contributed by atoms with Crippen LogP contribution in [-0.2, 0) is 12.8 Å². The minimum absolute atomic E-state index is 0.105. The predicted molar refractivity (Wildman–Crippen MR) is 56.9 cm³/mol. The molecule has 76 valence electrons. The lowest BCUT2D eigenvalue weighted by molar-refractivity contribution is 0.297. The highest BCUT2D eigenvalue weighted by Gasteiger charge is 2.06. The van der Waals surface area contributed by atoms with E-state index in [-0.39, 0.29) is 13.2 Å². The normalized spacial score (nSPS) is 10.6. The summed E-state index contributed by atoms with van der Waals surface area (Å²) in [7, 11) is 0. The lowest BCUT2D eigenvalue weighted by atomic mass is 9.94. The maximum atomic E-state index is 8.88.